The molecular weight excluding hydrogens is 222 g/mol. The van der Waals surface area contributed by atoms with Gasteiger partial charge in [-0.3, -0.25) is 4.79 Å². The van der Waals surface area contributed by atoms with E-state index in [1.54, 1.807) is 12.1 Å². The van der Waals surface area contributed by atoms with E-state index in [4.69, 9.17) is 10.2 Å². The van der Waals surface area contributed by atoms with Gasteiger partial charge in [0.15, 0.2) is 0 Å². The third-order valence-electron chi connectivity index (χ3n) is 2.42. The summed E-state index contributed by atoms with van der Waals surface area (Å²) in [6.07, 6.45) is -0.116. The van der Waals surface area contributed by atoms with E-state index >= 15 is 0 Å². The van der Waals surface area contributed by atoms with Gasteiger partial charge in [-0.1, -0.05) is 18.2 Å². The van der Waals surface area contributed by atoms with E-state index < -0.39 is 18.0 Å². The Balaban J connectivity index is 2.70. The second kappa shape index (κ2) is 5.89. The predicted molar refractivity (Wildman–Crippen MR) is 63.1 cm³/mol. The van der Waals surface area contributed by atoms with Gasteiger partial charge in [0.2, 0.25) is 0 Å². The smallest absolute Gasteiger partial charge is 0.326 e. The maximum absolute atomic E-state index is 11.0. The maximum Gasteiger partial charge on any atom is 0.326 e. The van der Waals surface area contributed by atoms with Crippen molar-refractivity contribution < 1.29 is 19.8 Å². The van der Waals surface area contributed by atoms with Gasteiger partial charge >= 0.3 is 11.9 Å². The molecule has 0 saturated heterocycles. The highest BCUT2D eigenvalue weighted by Gasteiger charge is 2.18. The molecule has 0 heterocycles. The molecule has 0 radical (unpaired) electrons. The Hall–Kier alpha value is -2.04. The number of hydrogen-bond donors (Lipinski definition) is 3. The number of nitrogens with one attached hydrogen (secondary N) is 1. The zero-order chi connectivity index (χ0) is 12.8. The number of aryl methyl sites for hydroxylation is 1. The summed E-state index contributed by atoms with van der Waals surface area (Å²) in [6.45, 7) is 1.86. The topological polar surface area (TPSA) is 86.6 Å². The summed E-state index contributed by atoms with van der Waals surface area (Å²) < 4.78 is 0. The van der Waals surface area contributed by atoms with Crippen LogP contribution >= 0.6 is 0 Å². The molecule has 1 rings (SSSR count). The first-order valence-electron chi connectivity index (χ1n) is 5.27. The van der Waals surface area contributed by atoms with Crippen molar-refractivity contribution in [2.45, 2.75) is 25.8 Å². The first-order valence-corrected chi connectivity index (χ1v) is 5.27. The molecule has 5 heteroatoms. The number of rotatable bonds is 6. The minimum atomic E-state index is -1.05. The van der Waals surface area contributed by atoms with Gasteiger partial charge in [0.05, 0.1) is 0 Å². The Morgan fingerprint density at radius 2 is 1.94 bits per heavy atom. The van der Waals surface area contributed by atoms with Gasteiger partial charge in [-0.05, 0) is 25.0 Å². The van der Waals surface area contributed by atoms with Gasteiger partial charge in [0.1, 0.15) is 6.04 Å². The molecule has 0 spiro atoms. The van der Waals surface area contributed by atoms with Gasteiger partial charge in [-0.2, -0.15) is 0 Å². The summed E-state index contributed by atoms with van der Waals surface area (Å²) in [7, 11) is 0. The van der Waals surface area contributed by atoms with E-state index in [1.807, 2.05) is 19.1 Å². The number of carbonyl (C=O) groups is 2. The highest BCUT2D eigenvalue weighted by molar-refractivity contribution is 5.78. The highest BCUT2D eigenvalue weighted by Crippen LogP contribution is 2.16. The van der Waals surface area contributed by atoms with Gasteiger partial charge in [0.25, 0.3) is 0 Å². The van der Waals surface area contributed by atoms with Crippen LogP contribution in [0.3, 0.4) is 0 Å². The molecule has 1 aromatic rings. The molecule has 0 saturated carbocycles. The molecule has 0 bridgehead atoms. The summed E-state index contributed by atoms with van der Waals surface area (Å²) in [4.78, 5) is 21.4. The van der Waals surface area contributed by atoms with Crippen LogP contribution in [0.4, 0.5) is 5.69 Å². The first-order chi connectivity index (χ1) is 8.00. The summed E-state index contributed by atoms with van der Waals surface area (Å²) in [5, 5.41) is 20.4. The summed E-state index contributed by atoms with van der Waals surface area (Å²) in [5.41, 5.74) is 1.64. The Bertz CT molecular complexity index is 417. The maximum atomic E-state index is 11.0. The van der Waals surface area contributed by atoms with E-state index in [-0.39, 0.29) is 12.8 Å². The zero-order valence-corrected chi connectivity index (χ0v) is 9.51. The van der Waals surface area contributed by atoms with E-state index in [9.17, 15) is 9.59 Å². The first kappa shape index (κ1) is 13.0. The van der Waals surface area contributed by atoms with Gasteiger partial charge in [-0.15, -0.1) is 0 Å². The van der Waals surface area contributed by atoms with Crippen LogP contribution in [-0.2, 0) is 9.59 Å². The minimum absolute atomic E-state index is 0.0546. The van der Waals surface area contributed by atoms with Crippen LogP contribution in [0, 0.1) is 6.92 Å². The number of carboxylic acids is 2. The number of benzene rings is 1. The lowest BCUT2D eigenvalue weighted by atomic mass is 10.1. The predicted octanol–water partition coefficient (Wildman–Crippen LogP) is 1.72. The summed E-state index contributed by atoms with van der Waals surface area (Å²) in [5.74, 6) is -2.04. The van der Waals surface area contributed by atoms with Gasteiger partial charge in [-0.25, -0.2) is 4.79 Å². The lowest BCUT2D eigenvalue weighted by Gasteiger charge is -2.16. The van der Waals surface area contributed by atoms with Crippen molar-refractivity contribution in [1.29, 1.82) is 0 Å². The molecule has 0 fully saturated rings. The average molecular weight is 237 g/mol. The zero-order valence-electron chi connectivity index (χ0n) is 9.51. The van der Waals surface area contributed by atoms with Crippen molar-refractivity contribution in [3.05, 3.63) is 29.8 Å². The molecule has 0 aromatic heterocycles. The average Bonchev–Trinajstić information content (AvgIpc) is 2.25. The lowest BCUT2D eigenvalue weighted by Crippen LogP contribution is -2.30. The highest BCUT2D eigenvalue weighted by atomic mass is 16.4. The molecule has 1 unspecified atom stereocenters. The molecule has 0 aliphatic carbocycles. The Morgan fingerprint density at radius 3 is 2.47 bits per heavy atom. The molecule has 92 valence electrons. The van der Waals surface area contributed by atoms with Crippen molar-refractivity contribution in [2.75, 3.05) is 5.32 Å². The normalized spacial score (nSPS) is 11.8. The fourth-order valence-corrected chi connectivity index (χ4v) is 1.45. The molecule has 1 aromatic carbocycles. The standard InChI is InChI=1S/C12H15NO4/c1-8-4-2-3-5-9(8)13-10(12(16)17)6-7-11(14)15/h2-5,10,13H,6-7H2,1H3,(H,14,15)(H,16,17). The third kappa shape index (κ3) is 4.14. The quantitative estimate of drug-likeness (QED) is 0.701. The molecule has 5 nitrogen and oxygen atoms in total. The van der Waals surface area contributed by atoms with Crippen LogP contribution in [0.15, 0.2) is 24.3 Å². The van der Waals surface area contributed by atoms with Gasteiger partial charge in [0, 0.05) is 12.1 Å². The Labute approximate surface area is 99.1 Å². The molecule has 0 aliphatic heterocycles. The fourth-order valence-electron chi connectivity index (χ4n) is 1.45. The summed E-state index contributed by atoms with van der Waals surface area (Å²) in [6, 6.07) is 6.40. The van der Waals surface area contributed by atoms with Crippen LogP contribution in [0.2, 0.25) is 0 Å². The van der Waals surface area contributed by atoms with Crippen LogP contribution in [0.1, 0.15) is 18.4 Å². The number of anilines is 1. The molecule has 3 N–H and O–H groups in total. The number of para-hydroxylation sites is 1. The Kier molecular flexibility index (Phi) is 4.51. The second-order valence-corrected chi connectivity index (χ2v) is 3.78. The molecule has 0 aliphatic rings. The SMILES string of the molecule is Cc1ccccc1NC(CCC(=O)O)C(=O)O. The lowest BCUT2D eigenvalue weighted by molar-refractivity contribution is -0.139. The second-order valence-electron chi connectivity index (χ2n) is 3.78. The molecule has 0 amide bonds. The van der Waals surface area contributed by atoms with E-state index in [2.05, 4.69) is 5.32 Å². The number of carboxylic acid groups (broad SMARTS) is 2. The van der Waals surface area contributed by atoms with Crippen molar-refractivity contribution in [3.63, 3.8) is 0 Å². The van der Waals surface area contributed by atoms with Crippen molar-refractivity contribution >= 4 is 17.6 Å². The monoisotopic (exact) mass is 237 g/mol. The number of aliphatic carboxylic acids is 2. The van der Waals surface area contributed by atoms with E-state index in [1.165, 1.54) is 0 Å². The third-order valence-corrected chi connectivity index (χ3v) is 2.42. The molecule has 1 atom stereocenters. The fraction of sp³-hybridized carbons (Fsp3) is 0.333. The molecule has 17 heavy (non-hydrogen) atoms. The van der Waals surface area contributed by atoms with Crippen molar-refractivity contribution in [1.82, 2.24) is 0 Å². The van der Waals surface area contributed by atoms with Crippen LogP contribution in [0.5, 0.6) is 0 Å². The Morgan fingerprint density at radius 1 is 1.29 bits per heavy atom. The van der Waals surface area contributed by atoms with Crippen molar-refractivity contribution in [2.24, 2.45) is 0 Å². The van der Waals surface area contributed by atoms with E-state index in [0.29, 0.717) is 5.69 Å². The van der Waals surface area contributed by atoms with Crippen LogP contribution < -0.4 is 5.32 Å². The summed E-state index contributed by atoms with van der Waals surface area (Å²) >= 11 is 0. The molecular formula is C12H15NO4. The van der Waals surface area contributed by atoms with Gasteiger partial charge < -0.3 is 15.5 Å². The van der Waals surface area contributed by atoms with Crippen molar-refractivity contribution in [3.8, 4) is 0 Å². The van der Waals surface area contributed by atoms with Crippen LogP contribution in [0.25, 0.3) is 0 Å². The van der Waals surface area contributed by atoms with E-state index in [0.717, 1.165) is 5.56 Å². The minimum Gasteiger partial charge on any atom is -0.481 e. The largest absolute Gasteiger partial charge is 0.481 e. The van der Waals surface area contributed by atoms with Crippen LogP contribution in [-0.4, -0.2) is 28.2 Å². The number of hydrogen-bond acceptors (Lipinski definition) is 3.